The van der Waals surface area contributed by atoms with Gasteiger partial charge in [-0.25, -0.2) is 0 Å². The van der Waals surface area contributed by atoms with Gasteiger partial charge in [-0.15, -0.1) is 0 Å². The lowest BCUT2D eigenvalue weighted by atomic mass is 10.00. The predicted molar refractivity (Wildman–Crippen MR) is 108 cm³/mol. The zero-order chi connectivity index (χ0) is 19.3. The average Bonchev–Trinajstić information content (AvgIpc) is 3.13. The summed E-state index contributed by atoms with van der Waals surface area (Å²) in [6, 6.07) is 13.5. The number of hydrogen-bond donors (Lipinski definition) is 1. The Labute approximate surface area is 164 Å². The molecule has 3 heterocycles. The maximum atomic E-state index is 10.7. The Morgan fingerprint density at radius 1 is 1.25 bits per heavy atom. The molecule has 3 aromatic rings. The fourth-order valence-corrected chi connectivity index (χ4v) is 3.52. The van der Waals surface area contributed by atoms with Gasteiger partial charge >= 0.3 is 0 Å². The molecule has 1 unspecified atom stereocenters. The van der Waals surface area contributed by atoms with Gasteiger partial charge in [-0.2, -0.15) is 0 Å². The van der Waals surface area contributed by atoms with E-state index in [4.69, 9.17) is 9.15 Å². The van der Waals surface area contributed by atoms with Crippen molar-refractivity contribution in [1.82, 2.24) is 9.88 Å². The first kappa shape index (κ1) is 18.5. The van der Waals surface area contributed by atoms with E-state index in [-0.39, 0.29) is 0 Å². The highest BCUT2D eigenvalue weighted by Crippen LogP contribution is 2.29. The van der Waals surface area contributed by atoms with Crippen molar-refractivity contribution in [2.75, 3.05) is 19.7 Å². The van der Waals surface area contributed by atoms with Crippen molar-refractivity contribution in [3.05, 3.63) is 89.1 Å². The molecule has 4 rings (SSSR count). The zero-order valence-corrected chi connectivity index (χ0v) is 15.9. The fourth-order valence-electron chi connectivity index (χ4n) is 3.52. The summed E-state index contributed by atoms with van der Waals surface area (Å²) in [5, 5.41) is 10.7. The standard InChI is InChI=1S/C23H24N2O3/c1-17(12-21-5-3-10-27-21)15-25-9-11-28-22-7-6-18(13-20(22)16-25)23(26)19-4-2-8-24-14-19/h2-8,10,12-14,23,26H,9,11,15-16H2,1H3/b17-12+. The van der Waals surface area contributed by atoms with E-state index in [0.29, 0.717) is 6.61 Å². The molecular weight excluding hydrogens is 352 g/mol. The van der Waals surface area contributed by atoms with Crippen LogP contribution >= 0.6 is 0 Å². The molecule has 0 saturated carbocycles. The van der Waals surface area contributed by atoms with Crippen molar-refractivity contribution in [3.63, 3.8) is 0 Å². The second-order valence-electron chi connectivity index (χ2n) is 7.12. The minimum Gasteiger partial charge on any atom is -0.492 e. The van der Waals surface area contributed by atoms with Gasteiger partial charge in [0.15, 0.2) is 0 Å². The van der Waals surface area contributed by atoms with Gasteiger partial charge in [-0.1, -0.05) is 17.7 Å². The summed E-state index contributed by atoms with van der Waals surface area (Å²) in [6.07, 6.45) is 6.45. The number of ether oxygens (including phenoxy) is 1. The third kappa shape index (κ3) is 4.32. The monoisotopic (exact) mass is 376 g/mol. The van der Waals surface area contributed by atoms with E-state index in [1.807, 2.05) is 42.5 Å². The van der Waals surface area contributed by atoms with E-state index in [9.17, 15) is 5.11 Å². The minimum absolute atomic E-state index is 0.644. The van der Waals surface area contributed by atoms with Crippen LogP contribution in [-0.4, -0.2) is 34.7 Å². The summed E-state index contributed by atoms with van der Waals surface area (Å²) in [7, 11) is 0. The van der Waals surface area contributed by atoms with E-state index >= 15 is 0 Å². The van der Waals surface area contributed by atoms with Crippen LogP contribution in [-0.2, 0) is 6.54 Å². The van der Waals surface area contributed by atoms with Crippen molar-refractivity contribution < 1.29 is 14.3 Å². The highest BCUT2D eigenvalue weighted by atomic mass is 16.5. The number of furan rings is 1. The third-order valence-corrected chi connectivity index (χ3v) is 4.86. The summed E-state index contributed by atoms with van der Waals surface area (Å²) in [5.74, 6) is 1.75. The van der Waals surface area contributed by atoms with Crippen LogP contribution in [0.3, 0.4) is 0 Å². The Balaban J connectivity index is 1.52. The van der Waals surface area contributed by atoms with Gasteiger partial charge in [0.25, 0.3) is 0 Å². The largest absolute Gasteiger partial charge is 0.492 e. The Hall–Kier alpha value is -2.89. The molecule has 0 saturated heterocycles. The minimum atomic E-state index is -0.698. The van der Waals surface area contributed by atoms with Crippen LogP contribution in [0.25, 0.3) is 6.08 Å². The number of aromatic nitrogens is 1. The maximum Gasteiger partial charge on any atom is 0.126 e. The van der Waals surface area contributed by atoms with E-state index in [1.54, 1.807) is 18.7 Å². The van der Waals surface area contributed by atoms with Crippen molar-refractivity contribution in [2.45, 2.75) is 19.6 Å². The van der Waals surface area contributed by atoms with Crippen molar-refractivity contribution in [3.8, 4) is 5.75 Å². The molecule has 0 spiro atoms. The van der Waals surface area contributed by atoms with Crippen LogP contribution in [0, 0.1) is 0 Å². The third-order valence-electron chi connectivity index (χ3n) is 4.86. The number of hydrogen-bond acceptors (Lipinski definition) is 5. The molecule has 5 nitrogen and oxygen atoms in total. The lowest BCUT2D eigenvalue weighted by molar-refractivity contribution is 0.219. The summed E-state index contributed by atoms with van der Waals surface area (Å²) >= 11 is 0. The van der Waals surface area contributed by atoms with E-state index in [0.717, 1.165) is 47.8 Å². The highest BCUT2D eigenvalue weighted by Gasteiger charge is 2.18. The van der Waals surface area contributed by atoms with E-state index in [1.165, 1.54) is 5.57 Å². The Bertz CT molecular complexity index is 936. The Morgan fingerprint density at radius 2 is 2.18 bits per heavy atom. The number of aliphatic hydroxyl groups excluding tert-OH is 1. The van der Waals surface area contributed by atoms with Crippen LogP contribution in [0.1, 0.15) is 35.5 Å². The molecule has 5 heteroatoms. The number of fused-ring (bicyclic) bond motifs is 1. The van der Waals surface area contributed by atoms with Gasteiger partial charge in [0.05, 0.1) is 6.26 Å². The first-order valence-electron chi connectivity index (χ1n) is 9.46. The number of aliphatic hydroxyl groups is 1. The Morgan fingerprint density at radius 3 is 2.96 bits per heavy atom. The van der Waals surface area contributed by atoms with Crippen LogP contribution < -0.4 is 4.74 Å². The van der Waals surface area contributed by atoms with Crippen molar-refractivity contribution in [1.29, 1.82) is 0 Å². The molecule has 2 aromatic heterocycles. The van der Waals surface area contributed by atoms with Crippen molar-refractivity contribution in [2.24, 2.45) is 0 Å². The maximum absolute atomic E-state index is 10.7. The molecule has 0 bridgehead atoms. The second kappa shape index (κ2) is 8.42. The summed E-state index contributed by atoms with van der Waals surface area (Å²) < 4.78 is 11.3. The number of pyridine rings is 1. The zero-order valence-electron chi connectivity index (χ0n) is 15.9. The molecule has 1 aromatic carbocycles. The first-order valence-corrected chi connectivity index (χ1v) is 9.46. The SMILES string of the molecule is C/C(=C\c1ccco1)CN1CCOc2ccc(C(O)c3cccnc3)cc2C1. The molecule has 1 atom stereocenters. The summed E-state index contributed by atoms with van der Waals surface area (Å²) in [5.41, 5.74) is 3.94. The molecule has 0 amide bonds. The predicted octanol–water partition coefficient (Wildman–Crippen LogP) is 4.05. The molecule has 0 fully saturated rings. The quantitative estimate of drug-likeness (QED) is 0.728. The van der Waals surface area contributed by atoms with Crippen LogP contribution in [0.2, 0.25) is 0 Å². The first-order chi connectivity index (χ1) is 13.7. The molecule has 0 aliphatic carbocycles. The molecule has 0 radical (unpaired) electrons. The van der Waals surface area contributed by atoms with Crippen LogP contribution in [0.15, 0.2) is 71.1 Å². The molecule has 28 heavy (non-hydrogen) atoms. The topological polar surface area (TPSA) is 58.7 Å². The summed E-state index contributed by atoms with van der Waals surface area (Å²) in [6.45, 7) is 5.20. The molecule has 144 valence electrons. The lowest BCUT2D eigenvalue weighted by Gasteiger charge is -2.20. The number of benzene rings is 1. The van der Waals surface area contributed by atoms with Gasteiger partial charge < -0.3 is 14.3 Å². The lowest BCUT2D eigenvalue weighted by Crippen LogP contribution is -2.27. The molecule has 1 N–H and O–H groups in total. The smallest absolute Gasteiger partial charge is 0.126 e. The van der Waals surface area contributed by atoms with Gasteiger partial charge in [-0.3, -0.25) is 9.88 Å². The number of rotatable bonds is 5. The van der Waals surface area contributed by atoms with E-state index < -0.39 is 6.10 Å². The molecular formula is C23H24N2O3. The van der Waals surface area contributed by atoms with Gasteiger partial charge in [-0.05, 0) is 48.9 Å². The second-order valence-corrected chi connectivity index (χ2v) is 7.12. The Kier molecular flexibility index (Phi) is 5.55. The van der Waals surface area contributed by atoms with Gasteiger partial charge in [0, 0.05) is 43.2 Å². The molecule has 1 aliphatic heterocycles. The summed E-state index contributed by atoms with van der Waals surface area (Å²) in [4.78, 5) is 6.45. The normalized spacial score (nSPS) is 16.1. The van der Waals surface area contributed by atoms with Crippen LogP contribution in [0.5, 0.6) is 5.75 Å². The number of nitrogens with zero attached hydrogens (tertiary/aromatic N) is 2. The van der Waals surface area contributed by atoms with Crippen molar-refractivity contribution >= 4 is 6.08 Å². The van der Waals surface area contributed by atoms with E-state index in [2.05, 4.69) is 22.9 Å². The van der Waals surface area contributed by atoms with Crippen LogP contribution in [0.4, 0.5) is 0 Å². The highest BCUT2D eigenvalue weighted by molar-refractivity contribution is 5.47. The van der Waals surface area contributed by atoms with Gasteiger partial charge in [0.1, 0.15) is 24.2 Å². The average molecular weight is 376 g/mol. The molecule has 1 aliphatic rings. The fraction of sp³-hybridized carbons (Fsp3) is 0.261. The van der Waals surface area contributed by atoms with Gasteiger partial charge in [0.2, 0.25) is 0 Å².